The summed E-state index contributed by atoms with van der Waals surface area (Å²) in [6, 6.07) is 14.1. The van der Waals surface area contributed by atoms with Crippen molar-refractivity contribution < 1.29 is 9.18 Å². The van der Waals surface area contributed by atoms with Crippen LogP contribution >= 0.6 is 34.7 Å². The molecule has 2 aromatic heterocycles. The molecule has 0 fully saturated rings. The number of aryl methyl sites for hydroxylation is 1. The van der Waals surface area contributed by atoms with Gasteiger partial charge in [0.1, 0.15) is 16.5 Å². The highest BCUT2D eigenvalue weighted by Crippen LogP contribution is 2.24. The Morgan fingerprint density at radius 1 is 1.24 bits per heavy atom. The molecule has 0 saturated carbocycles. The van der Waals surface area contributed by atoms with Crippen LogP contribution in [0.3, 0.4) is 0 Å². The summed E-state index contributed by atoms with van der Waals surface area (Å²) in [5.41, 5.74) is 5.05. The number of thioether (sulfide) groups is 1. The van der Waals surface area contributed by atoms with Crippen LogP contribution in [0.2, 0.25) is 5.02 Å². The molecule has 0 atom stereocenters. The summed E-state index contributed by atoms with van der Waals surface area (Å²) in [7, 11) is 0. The van der Waals surface area contributed by atoms with Gasteiger partial charge in [-0.2, -0.15) is 10.2 Å². The summed E-state index contributed by atoms with van der Waals surface area (Å²) < 4.78 is 16.6. The van der Waals surface area contributed by atoms with Crippen molar-refractivity contribution in [3.05, 3.63) is 81.7 Å². The van der Waals surface area contributed by atoms with E-state index in [0.717, 1.165) is 14.9 Å². The molecule has 4 aromatic rings. The lowest BCUT2D eigenvalue weighted by Crippen LogP contribution is -2.19. The quantitative estimate of drug-likeness (QED) is 0.213. The smallest absolute Gasteiger partial charge is 0.250 e. The third-order valence-electron chi connectivity index (χ3n) is 4.45. The van der Waals surface area contributed by atoms with Crippen molar-refractivity contribution >= 4 is 46.8 Å². The standard InChI is InChI=1S/C22H18ClFN6OS2/c1-14-26-28-22(33-14)32-13-20(31)27-25-10-16-11-30(12-17-18(23)8-5-9-19(17)24)29-21(16)15-6-3-2-4-7-15/h2-11H,12-13H2,1H3,(H,27,31)/b25-10+. The van der Waals surface area contributed by atoms with E-state index < -0.39 is 5.82 Å². The van der Waals surface area contributed by atoms with Crippen molar-refractivity contribution in [1.82, 2.24) is 25.4 Å². The van der Waals surface area contributed by atoms with Gasteiger partial charge in [-0.3, -0.25) is 9.48 Å². The summed E-state index contributed by atoms with van der Waals surface area (Å²) in [5.74, 6) is -0.497. The number of rotatable bonds is 8. The molecule has 2 aromatic carbocycles. The number of amides is 1. The number of hydrogen-bond donors (Lipinski definition) is 1. The molecule has 0 aliphatic heterocycles. The van der Waals surface area contributed by atoms with E-state index in [1.54, 1.807) is 23.0 Å². The Labute approximate surface area is 202 Å². The fraction of sp³-hybridized carbons (Fsp3) is 0.136. The molecule has 7 nitrogen and oxygen atoms in total. The van der Waals surface area contributed by atoms with E-state index >= 15 is 0 Å². The predicted octanol–water partition coefficient (Wildman–Crippen LogP) is 4.79. The molecule has 0 aliphatic carbocycles. The van der Waals surface area contributed by atoms with Gasteiger partial charge in [0.05, 0.1) is 18.5 Å². The molecular formula is C22H18ClFN6OS2. The summed E-state index contributed by atoms with van der Waals surface area (Å²) in [4.78, 5) is 12.1. The highest BCUT2D eigenvalue weighted by molar-refractivity contribution is 8.01. The van der Waals surface area contributed by atoms with Gasteiger partial charge in [0.15, 0.2) is 4.34 Å². The first-order chi connectivity index (χ1) is 16.0. The lowest BCUT2D eigenvalue weighted by atomic mass is 10.1. The van der Waals surface area contributed by atoms with Crippen LogP contribution in [-0.4, -0.2) is 37.9 Å². The summed E-state index contributed by atoms with van der Waals surface area (Å²) in [5, 5.41) is 17.8. The Kier molecular flexibility index (Phi) is 7.48. The molecule has 168 valence electrons. The molecule has 0 aliphatic rings. The van der Waals surface area contributed by atoms with Crippen molar-refractivity contribution in [3.63, 3.8) is 0 Å². The second-order valence-corrected chi connectivity index (χ2v) is 9.68. The maximum Gasteiger partial charge on any atom is 0.250 e. The van der Waals surface area contributed by atoms with Gasteiger partial charge in [0, 0.05) is 27.9 Å². The van der Waals surface area contributed by atoms with Gasteiger partial charge in [-0.05, 0) is 19.1 Å². The van der Waals surface area contributed by atoms with E-state index in [-0.39, 0.29) is 18.2 Å². The lowest BCUT2D eigenvalue weighted by molar-refractivity contribution is -0.118. The van der Waals surface area contributed by atoms with Crippen molar-refractivity contribution in [1.29, 1.82) is 0 Å². The first kappa shape index (κ1) is 23.1. The van der Waals surface area contributed by atoms with Crippen LogP contribution in [0, 0.1) is 12.7 Å². The molecule has 11 heteroatoms. The molecule has 2 heterocycles. The Morgan fingerprint density at radius 2 is 2.06 bits per heavy atom. The van der Waals surface area contributed by atoms with Gasteiger partial charge >= 0.3 is 0 Å². The monoisotopic (exact) mass is 500 g/mol. The minimum Gasteiger partial charge on any atom is -0.272 e. The van der Waals surface area contributed by atoms with Crippen LogP contribution in [0.15, 0.2) is 64.2 Å². The number of aromatic nitrogens is 4. The van der Waals surface area contributed by atoms with Crippen LogP contribution in [0.4, 0.5) is 4.39 Å². The molecule has 0 spiro atoms. The fourth-order valence-electron chi connectivity index (χ4n) is 2.95. The first-order valence-electron chi connectivity index (χ1n) is 9.80. The minimum absolute atomic E-state index is 0.156. The second kappa shape index (κ2) is 10.7. The number of carbonyl (C=O) groups is 1. The van der Waals surface area contributed by atoms with Gasteiger partial charge in [0.2, 0.25) is 0 Å². The summed E-state index contributed by atoms with van der Waals surface area (Å²) >= 11 is 8.90. The van der Waals surface area contributed by atoms with E-state index in [2.05, 4.69) is 25.8 Å². The SMILES string of the molecule is Cc1nnc(SCC(=O)N/N=C/c2cn(Cc3c(F)cccc3Cl)nc2-c2ccccc2)s1. The maximum atomic E-state index is 14.2. The Morgan fingerprint density at radius 3 is 2.79 bits per heavy atom. The van der Waals surface area contributed by atoms with Gasteiger partial charge in [-0.15, -0.1) is 10.2 Å². The van der Waals surface area contributed by atoms with Gasteiger partial charge < -0.3 is 0 Å². The molecule has 33 heavy (non-hydrogen) atoms. The molecule has 1 amide bonds. The van der Waals surface area contributed by atoms with Gasteiger partial charge in [-0.25, -0.2) is 9.82 Å². The molecule has 0 unspecified atom stereocenters. The molecular weight excluding hydrogens is 483 g/mol. The molecule has 0 saturated heterocycles. The Hall–Kier alpha value is -3.08. The van der Waals surface area contributed by atoms with E-state index in [9.17, 15) is 9.18 Å². The maximum absolute atomic E-state index is 14.2. The zero-order valence-corrected chi connectivity index (χ0v) is 19.8. The predicted molar refractivity (Wildman–Crippen MR) is 129 cm³/mol. The Bertz CT molecular complexity index is 1270. The molecule has 1 N–H and O–H groups in total. The number of halogens is 2. The normalized spacial score (nSPS) is 11.2. The largest absolute Gasteiger partial charge is 0.272 e. The van der Waals surface area contributed by atoms with Crippen molar-refractivity contribution in [2.45, 2.75) is 17.8 Å². The molecule has 0 radical (unpaired) electrons. The number of nitrogens with zero attached hydrogens (tertiary/aromatic N) is 5. The zero-order chi connectivity index (χ0) is 23.2. The van der Waals surface area contributed by atoms with Crippen LogP contribution in [0.25, 0.3) is 11.3 Å². The average Bonchev–Trinajstić information content (AvgIpc) is 3.41. The van der Waals surface area contributed by atoms with Crippen LogP contribution in [-0.2, 0) is 11.3 Å². The van der Waals surface area contributed by atoms with Crippen LogP contribution in [0.1, 0.15) is 16.1 Å². The van der Waals surface area contributed by atoms with E-state index in [0.29, 0.717) is 21.8 Å². The van der Waals surface area contributed by atoms with Gasteiger partial charge in [-0.1, -0.05) is 71.1 Å². The Balaban J connectivity index is 1.50. The number of benzene rings is 2. The van der Waals surface area contributed by atoms with E-state index in [4.69, 9.17) is 11.6 Å². The van der Waals surface area contributed by atoms with Crippen molar-refractivity contribution in [2.24, 2.45) is 5.10 Å². The summed E-state index contributed by atoms with van der Waals surface area (Å²) in [6.45, 7) is 2.01. The summed E-state index contributed by atoms with van der Waals surface area (Å²) in [6.07, 6.45) is 3.26. The first-order valence-corrected chi connectivity index (χ1v) is 12.0. The van der Waals surface area contributed by atoms with Crippen molar-refractivity contribution in [3.8, 4) is 11.3 Å². The van der Waals surface area contributed by atoms with E-state index in [1.165, 1.54) is 35.4 Å². The highest BCUT2D eigenvalue weighted by atomic mass is 35.5. The number of hydrogen-bond acceptors (Lipinski definition) is 7. The van der Waals surface area contributed by atoms with Crippen LogP contribution < -0.4 is 5.43 Å². The second-order valence-electron chi connectivity index (χ2n) is 6.87. The highest BCUT2D eigenvalue weighted by Gasteiger charge is 2.13. The third kappa shape index (κ3) is 6.04. The topological polar surface area (TPSA) is 85.1 Å². The van der Waals surface area contributed by atoms with Gasteiger partial charge in [0.25, 0.3) is 5.91 Å². The number of hydrazone groups is 1. The molecule has 4 rings (SSSR count). The number of nitrogens with one attached hydrogen (secondary N) is 1. The van der Waals surface area contributed by atoms with Crippen LogP contribution in [0.5, 0.6) is 0 Å². The van der Waals surface area contributed by atoms with Crippen molar-refractivity contribution in [2.75, 3.05) is 5.75 Å². The molecule has 0 bridgehead atoms. The number of carbonyl (C=O) groups excluding carboxylic acids is 1. The van der Waals surface area contributed by atoms with E-state index in [1.807, 2.05) is 37.3 Å². The average molecular weight is 501 g/mol. The lowest BCUT2D eigenvalue weighted by Gasteiger charge is -2.05. The third-order valence-corrected chi connectivity index (χ3v) is 6.77. The zero-order valence-electron chi connectivity index (χ0n) is 17.4. The minimum atomic E-state index is -0.398. The fourth-order valence-corrected chi connectivity index (χ4v) is 4.78.